The van der Waals surface area contributed by atoms with Crippen molar-refractivity contribution in [3.05, 3.63) is 58.1 Å². The third-order valence-electron chi connectivity index (χ3n) is 2.70. The highest BCUT2D eigenvalue weighted by Gasteiger charge is 2.13. The highest BCUT2D eigenvalue weighted by molar-refractivity contribution is 7.23. The second-order valence-corrected chi connectivity index (χ2v) is 5.86. The molecule has 1 heterocycles. The molecule has 6 heteroatoms. The minimum Gasteiger partial charge on any atom is -0.298 e. The quantitative estimate of drug-likeness (QED) is 0.732. The molecular weight excluding hydrogens is 315 g/mol. The number of thiazole rings is 1. The van der Waals surface area contributed by atoms with Crippen molar-refractivity contribution in [2.45, 2.75) is 0 Å². The topological polar surface area (TPSA) is 42.0 Å². The number of aromatic nitrogens is 1. The van der Waals surface area contributed by atoms with Gasteiger partial charge in [-0.05, 0) is 24.3 Å². The maximum Gasteiger partial charge on any atom is 0.257 e. The molecule has 0 atom stereocenters. The van der Waals surface area contributed by atoms with Crippen LogP contribution in [0.5, 0.6) is 0 Å². The molecule has 1 N–H and O–H groups in total. The van der Waals surface area contributed by atoms with Gasteiger partial charge in [0.2, 0.25) is 0 Å². The van der Waals surface area contributed by atoms with E-state index in [1.807, 2.05) is 6.07 Å². The van der Waals surface area contributed by atoms with Gasteiger partial charge >= 0.3 is 0 Å². The zero-order valence-corrected chi connectivity index (χ0v) is 12.4. The summed E-state index contributed by atoms with van der Waals surface area (Å²) < 4.78 is 0.766. The molecule has 20 heavy (non-hydrogen) atoms. The van der Waals surface area contributed by atoms with Crippen molar-refractivity contribution in [2.24, 2.45) is 0 Å². The number of carbonyl (C=O) groups is 1. The molecule has 1 aromatic heterocycles. The van der Waals surface area contributed by atoms with E-state index in [0.717, 1.165) is 4.70 Å². The van der Waals surface area contributed by atoms with Gasteiger partial charge in [0, 0.05) is 5.56 Å². The third-order valence-corrected chi connectivity index (χ3v) is 4.44. The summed E-state index contributed by atoms with van der Waals surface area (Å²) in [6, 6.07) is 12.4. The standard InChI is InChI=1S/C14H8Cl2N2OS/c15-9-6-7-10(16)12-11(9)17-14(20-12)18-13(19)8-4-2-1-3-5-8/h1-7H,(H,17,18,19). The highest BCUT2D eigenvalue weighted by atomic mass is 35.5. The minimum atomic E-state index is -0.211. The van der Waals surface area contributed by atoms with Gasteiger partial charge in [0.25, 0.3) is 5.91 Å². The fraction of sp³-hybridized carbons (Fsp3) is 0. The minimum absolute atomic E-state index is 0.211. The number of nitrogens with one attached hydrogen (secondary N) is 1. The molecule has 0 saturated heterocycles. The van der Waals surface area contributed by atoms with E-state index in [9.17, 15) is 4.79 Å². The highest BCUT2D eigenvalue weighted by Crippen LogP contribution is 2.36. The first-order valence-corrected chi connectivity index (χ1v) is 7.33. The second kappa shape index (κ2) is 5.40. The van der Waals surface area contributed by atoms with Gasteiger partial charge in [-0.3, -0.25) is 10.1 Å². The maximum absolute atomic E-state index is 12.1. The number of hydrogen-bond acceptors (Lipinski definition) is 3. The van der Waals surface area contributed by atoms with Crippen molar-refractivity contribution in [2.75, 3.05) is 5.32 Å². The molecule has 0 radical (unpaired) electrons. The summed E-state index contributed by atoms with van der Waals surface area (Å²) >= 11 is 13.5. The molecule has 2 aromatic carbocycles. The van der Waals surface area contributed by atoms with E-state index in [4.69, 9.17) is 23.2 Å². The summed E-state index contributed by atoms with van der Waals surface area (Å²) in [4.78, 5) is 16.4. The Balaban J connectivity index is 1.94. The Hall–Kier alpha value is -1.62. The Kier molecular flexibility index (Phi) is 3.61. The van der Waals surface area contributed by atoms with Gasteiger partial charge in [-0.15, -0.1) is 0 Å². The average Bonchev–Trinajstić information content (AvgIpc) is 2.89. The molecule has 3 nitrogen and oxygen atoms in total. The number of halogens is 2. The smallest absolute Gasteiger partial charge is 0.257 e. The monoisotopic (exact) mass is 322 g/mol. The summed E-state index contributed by atoms with van der Waals surface area (Å²) in [5, 5.41) is 4.32. The largest absolute Gasteiger partial charge is 0.298 e. The maximum atomic E-state index is 12.1. The molecule has 0 aliphatic rings. The molecule has 0 aliphatic carbocycles. The van der Waals surface area contributed by atoms with Crippen molar-refractivity contribution in [1.29, 1.82) is 0 Å². The van der Waals surface area contributed by atoms with Crippen LogP contribution in [0.2, 0.25) is 10.0 Å². The lowest BCUT2D eigenvalue weighted by Gasteiger charge is -2.00. The molecule has 0 spiro atoms. The van der Waals surface area contributed by atoms with Gasteiger partial charge in [0.1, 0.15) is 5.52 Å². The normalized spacial score (nSPS) is 10.7. The molecule has 0 aliphatic heterocycles. The van der Waals surface area contributed by atoms with Gasteiger partial charge in [-0.1, -0.05) is 52.7 Å². The first-order chi connectivity index (χ1) is 9.65. The number of amides is 1. The van der Waals surface area contributed by atoms with Crippen LogP contribution in [0, 0.1) is 0 Å². The lowest BCUT2D eigenvalue weighted by Crippen LogP contribution is -2.11. The summed E-state index contributed by atoms with van der Waals surface area (Å²) in [6.45, 7) is 0. The number of benzene rings is 2. The predicted molar refractivity (Wildman–Crippen MR) is 84.0 cm³/mol. The van der Waals surface area contributed by atoms with E-state index in [2.05, 4.69) is 10.3 Å². The van der Waals surface area contributed by atoms with Crippen LogP contribution in [0.15, 0.2) is 42.5 Å². The summed E-state index contributed by atoms with van der Waals surface area (Å²) in [7, 11) is 0. The van der Waals surface area contributed by atoms with Crippen molar-refractivity contribution in [3.63, 3.8) is 0 Å². The zero-order valence-electron chi connectivity index (χ0n) is 10.1. The van der Waals surface area contributed by atoms with Crippen LogP contribution >= 0.6 is 34.5 Å². The van der Waals surface area contributed by atoms with Crippen molar-refractivity contribution >= 4 is 55.8 Å². The molecule has 0 saturated carbocycles. The molecular formula is C14H8Cl2N2OS. The number of anilines is 1. The molecule has 3 rings (SSSR count). The van der Waals surface area contributed by atoms with E-state index in [-0.39, 0.29) is 5.91 Å². The van der Waals surface area contributed by atoms with Gasteiger partial charge in [-0.2, -0.15) is 0 Å². The van der Waals surface area contributed by atoms with E-state index >= 15 is 0 Å². The van der Waals surface area contributed by atoms with Crippen LogP contribution < -0.4 is 5.32 Å². The Labute approximate surface area is 129 Å². The summed E-state index contributed by atoms with van der Waals surface area (Å²) in [6.07, 6.45) is 0. The van der Waals surface area contributed by atoms with Crippen LogP contribution in [0.4, 0.5) is 5.13 Å². The Morgan fingerprint density at radius 1 is 1.05 bits per heavy atom. The van der Waals surface area contributed by atoms with Crippen molar-refractivity contribution in [3.8, 4) is 0 Å². The fourth-order valence-electron chi connectivity index (χ4n) is 1.76. The van der Waals surface area contributed by atoms with E-state index < -0.39 is 0 Å². The van der Waals surface area contributed by atoms with E-state index in [0.29, 0.717) is 26.3 Å². The van der Waals surface area contributed by atoms with E-state index in [1.165, 1.54) is 11.3 Å². The number of rotatable bonds is 2. The van der Waals surface area contributed by atoms with Gasteiger partial charge < -0.3 is 0 Å². The zero-order chi connectivity index (χ0) is 14.1. The summed E-state index contributed by atoms with van der Waals surface area (Å²) in [5.74, 6) is -0.211. The number of nitrogens with zero attached hydrogens (tertiary/aromatic N) is 1. The fourth-order valence-corrected chi connectivity index (χ4v) is 3.17. The first kappa shape index (κ1) is 13.4. The third kappa shape index (κ3) is 2.50. The second-order valence-electron chi connectivity index (χ2n) is 4.05. The van der Waals surface area contributed by atoms with Crippen LogP contribution in [-0.2, 0) is 0 Å². The number of hydrogen-bond donors (Lipinski definition) is 1. The van der Waals surface area contributed by atoms with Gasteiger partial charge in [-0.25, -0.2) is 4.98 Å². The molecule has 100 valence electrons. The Morgan fingerprint density at radius 2 is 1.75 bits per heavy atom. The lowest BCUT2D eigenvalue weighted by atomic mass is 10.2. The van der Waals surface area contributed by atoms with Crippen LogP contribution in [-0.4, -0.2) is 10.9 Å². The van der Waals surface area contributed by atoms with Gasteiger partial charge in [0.05, 0.1) is 14.7 Å². The van der Waals surface area contributed by atoms with Crippen molar-refractivity contribution < 1.29 is 4.79 Å². The molecule has 3 aromatic rings. The molecule has 0 unspecified atom stereocenters. The Morgan fingerprint density at radius 3 is 2.45 bits per heavy atom. The molecule has 1 amide bonds. The van der Waals surface area contributed by atoms with Crippen molar-refractivity contribution in [1.82, 2.24) is 4.98 Å². The number of carbonyl (C=O) groups excluding carboxylic acids is 1. The SMILES string of the molecule is O=C(Nc1nc2c(Cl)ccc(Cl)c2s1)c1ccccc1. The van der Waals surface area contributed by atoms with E-state index in [1.54, 1.807) is 36.4 Å². The molecule has 0 fully saturated rings. The summed E-state index contributed by atoms with van der Waals surface area (Å²) in [5.41, 5.74) is 1.18. The van der Waals surface area contributed by atoms with Crippen LogP contribution in [0.1, 0.15) is 10.4 Å². The van der Waals surface area contributed by atoms with Crippen LogP contribution in [0.3, 0.4) is 0 Å². The first-order valence-electron chi connectivity index (χ1n) is 5.76. The predicted octanol–water partition coefficient (Wildman–Crippen LogP) is 4.86. The van der Waals surface area contributed by atoms with Gasteiger partial charge in [0.15, 0.2) is 5.13 Å². The lowest BCUT2D eigenvalue weighted by molar-refractivity contribution is 0.102. The number of fused-ring (bicyclic) bond motifs is 1. The molecule has 0 bridgehead atoms. The Bertz CT molecular complexity index is 747. The van der Waals surface area contributed by atoms with Crippen LogP contribution in [0.25, 0.3) is 10.2 Å². The average molecular weight is 323 g/mol.